The van der Waals surface area contributed by atoms with Gasteiger partial charge in [0.15, 0.2) is 5.65 Å². The van der Waals surface area contributed by atoms with Gasteiger partial charge in [0, 0.05) is 29.1 Å². The molecule has 8 nitrogen and oxygen atoms in total. The van der Waals surface area contributed by atoms with Gasteiger partial charge < -0.3 is 15.0 Å². The summed E-state index contributed by atoms with van der Waals surface area (Å²) < 4.78 is 37.0. The second-order valence-corrected chi connectivity index (χ2v) is 10.4. The molecule has 172 valence electrons. The lowest BCUT2D eigenvalue weighted by Crippen LogP contribution is -2.51. The number of thiophene rings is 1. The third-order valence-corrected chi connectivity index (χ3v) is 7.68. The van der Waals surface area contributed by atoms with E-state index in [-0.39, 0.29) is 17.6 Å². The first kappa shape index (κ1) is 21.1. The summed E-state index contributed by atoms with van der Waals surface area (Å²) in [7, 11) is 0. The number of H-pyrrole nitrogens is 1. The van der Waals surface area contributed by atoms with Crippen LogP contribution in [0.15, 0.2) is 30.6 Å². The number of alkyl halides is 2. The number of halogens is 3. The van der Waals surface area contributed by atoms with Crippen molar-refractivity contribution in [3.05, 3.63) is 56.9 Å². The molecule has 2 aliphatic heterocycles. The summed E-state index contributed by atoms with van der Waals surface area (Å²) in [6, 6.07) is 4.96. The molecule has 2 N–H and O–H groups in total. The van der Waals surface area contributed by atoms with Crippen molar-refractivity contribution in [3.63, 3.8) is 0 Å². The van der Waals surface area contributed by atoms with E-state index >= 15 is 0 Å². The Morgan fingerprint density at radius 3 is 3.09 bits per heavy atom. The van der Waals surface area contributed by atoms with Crippen LogP contribution in [0.5, 0.6) is 0 Å². The van der Waals surface area contributed by atoms with Crippen LogP contribution in [0.1, 0.15) is 47.8 Å². The van der Waals surface area contributed by atoms with Gasteiger partial charge in [0.1, 0.15) is 24.6 Å². The van der Waals surface area contributed by atoms with Gasteiger partial charge in [-0.3, -0.25) is 0 Å². The molecule has 1 saturated heterocycles. The average Bonchev–Trinajstić information content (AvgIpc) is 3.49. The lowest BCUT2D eigenvalue weighted by atomic mass is 9.78. The molecule has 6 rings (SSSR count). The van der Waals surface area contributed by atoms with E-state index in [1.165, 1.54) is 17.4 Å². The molecular formula is C21H20ClF2N7OS. The highest BCUT2D eigenvalue weighted by atomic mass is 35.5. The highest BCUT2D eigenvalue weighted by Gasteiger charge is 2.53. The second kappa shape index (κ2) is 7.52. The zero-order valence-electron chi connectivity index (χ0n) is 17.6. The minimum atomic E-state index is -3.04. The predicted molar refractivity (Wildman–Crippen MR) is 118 cm³/mol. The highest BCUT2D eigenvalue weighted by Crippen LogP contribution is 2.54. The average molecular weight is 492 g/mol. The monoisotopic (exact) mass is 491 g/mol. The van der Waals surface area contributed by atoms with Crippen molar-refractivity contribution in [2.45, 2.75) is 49.9 Å². The molecule has 2 aliphatic rings. The maximum atomic E-state index is 14.5. The minimum Gasteiger partial charge on any atom is -0.363 e. The first-order valence-corrected chi connectivity index (χ1v) is 11.8. The van der Waals surface area contributed by atoms with Crippen LogP contribution in [-0.4, -0.2) is 42.6 Å². The van der Waals surface area contributed by atoms with Crippen LogP contribution < -0.4 is 5.32 Å². The Morgan fingerprint density at radius 1 is 1.36 bits per heavy atom. The summed E-state index contributed by atoms with van der Waals surface area (Å²) >= 11 is 7.33. The Kier molecular flexibility index (Phi) is 4.81. The fourth-order valence-corrected chi connectivity index (χ4v) is 6.32. The molecule has 12 heteroatoms. The van der Waals surface area contributed by atoms with Gasteiger partial charge in [-0.25, -0.2) is 14.6 Å². The van der Waals surface area contributed by atoms with Crippen LogP contribution in [0.4, 0.5) is 8.78 Å². The Bertz CT molecular complexity index is 1300. The van der Waals surface area contributed by atoms with Crippen molar-refractivity contribution >= 4 is 34.1 Å². The molecule has 0 aliphatic carbocycles. The number of imidazole rings is 1. The molecule has 6 heterocycles. The van der Waals surface area contributed by atoms with Gasteiger partial charge >= 0.3 is 0 Å². The maximum Gasteiger partial charge on any atom is 0.297 e. The summed E-state index contributed by atoms with van der Waals surface area (Å²) in [5.74, 6) is -2.32. The number of ether oxygens (including phenoxy) is 1. The molecule has 3 atom stereocenters. The van der Waals surface area contributed by atoms with E-state index in [9.17, 15) is 8.78 Å². The van der Waals surface area contributed by atoms with Crippen LogP contribution in [0.25, 0.3) is 11.2 Å². The van der Waals surface area contributed by atoms with Crippen LogP contribution in [0.2, 0.25) is 4.34 Å². The fraction of sp³-hybridized carbons (Fsp3) is 0.429. The molecule has 1 spiro atoms. The number of aromatic nitrogens is 6. The van der Waals surface area contributed by atoms with E-state index in [1.54, 1.807) is 10.9 Å². The summed E-state index contributed by atoms with van der Waals surface area (Å²) in [6.45, 7) is 1.77. The summed E-state index contributed by atoms with van der Waals surface area (Å²) in [4.78, 5) is 12.5. The number of nitrogens with zero attached hydrogens (tertiary/aromatic N) is 5. The standard InChI is InChI=1S/C21H20ClF2N7OS/c1-11-6-20(18-12(5-16(22)33-18)21(23,24)10-32-20)7-14(26-11)15-8-31(30-29-15)9-17-27-13-3-2-4-25-19(13)28-17/h2-5,8,11,14,26H,6-7,9-10H2,1H3,(H,25,27,28)/t11-,14-,20-/m0/s1. The van der Waals surface area contributed by atoms with Crippen molar-refractivity contribution in [1.29, 1.82) is 0 Å². The van der Waals surface area contributed by atoms with Gasteiger partial charge in [0.05, 0.1) is 27.8 Å². The quantitative estimate of drug-likeness (QED) is 0.447. The predicted octanol–water partition coefficient (Wildman–Crippen LogP) is 4.14. The van der Waals surface area contributed by atoms with Crippen LogP contribution in [0.3, 0.4) is 0 Å². The number of hydrogen-bond donors (Lipinski definition) is 2. The van der Waals surface area contributed by atoms with Crippen LogP contribution in [0, 0.1) is 0 Å². The number of piperidine rings is 1. The van der Waals surface area contributed by atoms with Gasteiger partial charge in [0.25, 0.3) is 5.92 Å². The Balaban J connectivity index is 1.28. The largest absolute Gasteiger partial charge is 0.363 e. The SMILES string of the molecule is C[C@H]1C[C@@]2(C[C@@H](c3cn(Cc4nc5ncccc5[nH]4)nn3)N1)OCC(F)(F)c1cc(Cl)sc12. The van der Waals surface area contributed by atoms with E-state index in [1.807, 2.05) is 25.3 Å². The second-order valence-electron chi connectivity index (χ2n) is 8.71. The third kappa shape index (κ3) is 3.63. The molecule has 0 unspecified atom stereocenters. The van der Waals surface area contributed by atoms with E-state index in [0.29, 0.717) is 34.2 Å². The molecule has 4 aromatic heterocycles. The zero-order chi connectivity index (χ0) is 22.8. The van der Waals surface area contributed by atoms with Crippen molar-refractivity contribution in [1.82, 2.24) is 35.3 Å². The van der Waals surface area contributed by atoms with Crippen molar-refractivity contribution < 1.29 is 13.5 Å². The zero-order valence-corrected chi connectivity index (χ0v) is 19.1. The topological polar surface area (TPSA) is 93.5 Å². The minimum absolute atomic E-state index is 0.0150. The number of rotatable bonds is 3. The Morgan fingerprint density at radius 2 is 2.24 bits per heavy atom. The van der Waals surface area contributed by atoms with Gasteiger partial charge in [-0.05, 0) is 31.5 Å². The van der Waals surface area contributed by atoms with Crippen LogP contribution >= 0.6 is 22.9 Å². The van der Waals surface area contributed by atoms with Crippen molar-refractivity contribution in [2.24, 2.45) is 0 Å². The van der Waals surface area contributed by atoms with E-state index in [4.69, 9.17) is 16.3 Å². The first-order valence-electron chi connectivity index (χ1n) is 10.6. The highest BCUT2D eigenvalue weighted by molar-refractivity contribution is 7.16. The first-order chi connectivity index (χ1) is 15.8. The van der Waals surface area contributed by atoms with E-state index < -0.39 is 18.1 Å². The molecular weight excluding hydrogens is 472 g/mol. The van der Waals surface area contributed by atoms with E-state index in [2.05, 4.69) is 30.6 Å². The number of fused-ring (bicyclic) bond motifs is 3. The number of hydrogen-bond acceptors (Lipinski definition) is 7. The Hall–Kier alpha value is -2.47. The number of pyridine rings is 1. The van der Waals surface area contributed by atoms with Gasteiger partial charge in [-0.2, -0.15) is 8.78 Å². The van der Waals surface area contributed by atoms with E-state index in [0.717, 1.165) is 17.0 Å². The molecule has 4 aromatic rings. The van der Waals surface area contributed by atoms with Crippen LogP contribution in [-0.2, 0) is 22.8 Å². The molecule has 0 bridgehead atoms. The Labute approximate surface area is 196 Å². The summed E-state index contributed by atoms with van der Waals surface area (Å²) in [5.41, 5.74) is 1.38. The molecule has 0 aromatic carbocycles. The molecule has 1 fully saturated rings. The van der Waals surface area contributed by atoms with Crippen molar-refractivity contribution in [2.75, 3.05) is 6.61 Å². The lowest BCUT2D eigenvalue weighted by Gasteiger charge is -2.47. The number of aromatic amines is 1. The summed E-state index contributed by atoms with van der Waals surface area (Å²) in [6.07, 6.45) is 4.58. The van der Waals surface area contributed by atoms with Gasteiger partial charge in [-0.15, -0.1) is 16.4 Å². The van der Waals surface area contributed by atoms with Gasteiger partial charge in [0.2, 0.25) is 0 Å². The van der Waals surface area contributed by atoms with Crippen molar-refractivity contribution in [3.8, 4) is 0 Å². The number of nitrogens with one attached hydrogen (secondary N) is 2. The molecule has 0 radical (unpaired) electrons. The lowest BCUT2D eigenvalue weighted by molar-refractivity contribution is -0.183. The smallest absolute Gasteiger partial charge is 0.297 e. The molecule has 33 heavy (non-hydrogen) atoms. The third-order valence-electron chi connectivity index (χ3n) is 6.23. The normalized spacial score (nSPS) is 26.7. The fourth-order valence-electron chi connectivity index (χ4n) is 4.88. The maximum absolute atomic E-state index is 14.5. The summed E-state index contributed by atoms with van der Waals surface area (Å²) in [5, 5.41) is 12.1. The van der Waals surface area contributed by atoms with Gasteiger partial charge in [-0.1, -0.05) is 16.8 Å². The molecule has 0 saturated carbocycles. The molecule has 0 amide bonds.